The Hall–Kier alpha value is -1.70. The van der Waals surface area contributed by atoms with Gasteiger partial charge in [0.2, 0.25) is 0 Å². The van der Waals surface area contributed by atoms with Gasteiger partial charge in [-0.15, -0.1) is 0 Å². The topological polar surface area (TPSA) is 56.6 Å². The van der Waals surface area contributed by atoms with Crippen LogP contribution in [0.4, 0.5) is 0 Å². The fraction of sp³-hybridized carbons (Fsp3) is 0.250. The first-order valence-corrected chi connectivity index (χ1v) is 8.00. The summed E-state index contributed by atoms with van der Waals surface area (Å²) >= 11 is 7.41. The fourth-order valence-electron chi connectivity index (χ4n) is 2.64. The predicted octanol–water partition coefficient (Wildman–Crippen LogP) is 3.93. The molecule has 0 unspecified atom stereocenters. The lowest BCUT2D eigenvalue weighted by Gasteiger charge is -2.19. The van der Waals surface area contributed by atoms with Gasteiger partial charge in [-0.3, -0.25) is 4.79 Å². The highest BCUT2D eigenvalue weighted by Gasteiger charge is 2.20. The lowest BCUT2D eigenvalue weighted by atomic mass is 9.90. The lowest BCUT2D eigenvalue weighted by molar-refractivity contribution is 0.663. The van der Waals surface area contributed by atoms with Crippen molar-refractivity contribution in [3.05, 3.63) is 56.3 Å². The first-order valence-electron chi connectivity index (χ1n) is 6.80. The van der Waals surface area contributed by atoms with E-state index in [9.17, 15) is 10.1 Å². The van der Waals surface area contributed by atoms with Crippen molar-refractivity contribution in [1.29, 1.82) is 5.26 Å². The molecule has 1 N–H and O–H groups in total. The van der Waals surface area contributed by atoms with E-state index < -0.39 is 0 Å². The van der Waals surface area contributed by atoms with E-state index in [1.54, 1.807) is 0 Å². The van der Waals surface area contributed by atoms with Gasteiger partial charge in [-0.2, -0.15) is 5.26 Å². The molecule has 0 atom stereocenters. The highest BCUT2D eigenvalue weighted by atomic mass is 35.5. The molecule has 1 aliphatic carbocycles. The number of rotatable bonds is 2. The summed E-state index contributed by atoms with van der Waals surface area (Å²) in [6.07, 6.45) is 3.86. The van der Waals surface area contributed by atoms with Gasteiger partial charge in [-0.05, 0) is 61.1 Å². The van der Waals surface area contributed by atoms with E-state index in [1.165, 1.54) is 11.8 Å². The van der Waals surface area contributed by atoms with Gasteiger partial charge in [0.1, 0.15) is 11.6 Å². The molecule has 3 rings (SSSR count). The van der Waals surface area contributed by atoms with E-state index in [1.807, 2.05) is 24.3 Å². The highest BCUT2D eigenvalue weighted by molar-refractivity contribution is 7.99. The highest BCUT2D eigenvalue weighted by Crippen LogP contribution is 2.34. The first kappa shape index (κ1) is 14.2. The zero-order valence-corrected chi connectivity index (χ0v) is 12.9. The molecule has 1 aromatic carbocycles. The number of aromatic amines is 1. The molecule has 0 aliphatic heterocycles. The van der Waals surface area contributed by atoms with Crippen LogP contribution in [0.2, 0.25) is 5.02 Å². The van der Waals surface area contributed by atoms with E-state index >= 15 is 0 Å². The van der Waals surface area contributed by atoms with E-state index in [4.69, 9.17) is 11.6 Å². The molecule has 0 bridgehead atoms. The van der Waals surface area contributed by atoms with Crippen LogP contribution in [0.5, 0.6) is 0 Å². The van der Waals surface area contributed by atoms with Crippen LogP contribution in [0.1, 0.15) is 29.5 Å². The molecule has 21 heavy (non-hydrogen) atoms. The third-order valence-electron chi connectivity index (χ3n) is 3.64. The normalized spacial score (nSPS) is 13.5. The molecule has 0 radical (unpaired) electrons. The van der Waals surface area contributed by atoms with Crippen LogP contribution >= 0.6 is 23.4 Å². The molecular weight excluding hydrogens is 304 g/mol. The van der Waals surface area contributed by atoms with Crippen LogP contribution in [0.25, 0.3) is 0 Å². The number of hydrogen-bond acceptors (Lipinski definition) is 3. The summed E-state index contributed by atoms with van der Waals surface area (Å²) in [5.74, 6) is 0. The Kier molecular flexibility index (Phi) is 4.05. The van der Waals surface area contributed by atoms with Crippen LogP contribution in [0, 0.1) is 11.3 Å². The molecule has 1 aromatic heterocycles. The Morgan fingerprint density at radius 3 is 2.48 bits per heavy atom. The summed E-state index contributed by atoms with van der Waals surface area (Å²) < 4.78 is 0. The van der Waals surface area contributed by atoms with Gasteiger partial charge in [0.25, 0.3) is 5.56 Å². The van der Waals surface area contributed by atoms with Crippen molar-refractivity contribution in [3.8, 4) is 6.07 Å². The summed E-state index contributed by atoms with van der Waals surface area (Å²) in [7, 11) is 0. The molecule has 0 saturated heterocycles. The molecule has 0 amide bonds. The number of benzene rings is 1. The standard InChI is InChI=1S/C16H13ClN2OS/c17-10-5-7-11(8-6-10)21-16-13-4-2-1-3-12(13)14(9-18)15(20)19-16/h5-8H,1-4H2,(H,19,20). The molecule has 2 aromatic rings. The van der Waals surface area contributed by atoms with Crippen LogP contribution in [-0.2, 0) is 12.8 Å². The second-order valence-corrected chi connectivity index (χ2v) is 6.51. The Morgan fingerprint density at radius 2 is 1.81 bits per heavy atom. The predicted molar refractivity (Wildman–Crippen MR) is 84.0 cm³/mol. The maximum absolute atomic E-state index is 12.1. The Labute approximate surface area is 132 Å². The Morgan fingerprint density at radius 1 is 1.14 bits per heavy atom. The van der Waals surface area contributed by atoms with Crippen LogP contribution in [0.15, 0.2) is 39.0 Å². The quantitative estimate of drug-likeness (QED) is 0.913. The minimum absolute atomic E-state index is 0.283. The lowest BCUT2D eigenvalue weighted by Crippen LogP contribution is -2.19. The van der Waals surface area contributed by atoms with Crippen molar-refractivity contribution in [1.82, 2.24) is 4.98 Å². The van der Waals surface area contributed by atoms with Crippen LogP contribution in [-0.4, -0.2) is 4.98 Å². The van der Waals surface area contributed by atoms with Gasteiger partial charge < -0.3 is 4.98 Å². The van der Waals surface area contributed by atoms with E-state index in [0.717, 1.165) is 46.7 Å². The average Bonchev–Trinajstić information content (AvgIpc) is 2.50. The van der Waals surface area contributed by atoms with Crippen molar-refractivity contribution in [3.63, 3.8) is 0 Å². The number of hydrogen-bond donors (Lipinski definition) is 1. The molecule has 1 heterocycles. The van der Waals surface area contributed by atoms with Crippen molar-refractivity contribution in [2.75, 3.05) is 0 Å². The second kappa shape index (κ2) is 5.97. The number of nitrogens with one attached hydrogen (secondary N) is 1. The number of nitriles is 1. The molecule has 1 aliphatic rings. The van der Waals surface area contributed by atoms with E-state index in [2.05, 4.69) is 11.1 Å². The monoisotopic (exact) mass is 316 g/mol. The zero-order chi connectivity index (χ0) is 14.8. The summed E-state index contributed by atoms with van der Waals surface area (Å²) in [6, 6.07) is 9.57. The van der Waals surface area contributed by atoms with Gasteiger partial charge in [-0.25, -0.2) is 0 Å². The minimum atomic E-state index is -0.283. The number of nitrogens with zero attached hydrogens (tertiary/aromatic N) is 1. The summed E-state index contributed by atoms with van der Waals surface area (Å²) in [6.45, 7) is 0. The molecule has 0 spiro atoms. The maximum atomic E-state index is 12.1. The van der Waals surface area contributed by atoms with Crippen LogP contribution < -0.4 is 5.56 Å². The number of H-pyrrole nitrogens is 1. The van der Waals surface area contributed by atoms with Gasteiger partial charge in [0.15, 0.2) is 0 Å². The molecule has 3 nitrogen and oxygen atoms in total. The molecule has 5 heteroatoms. The van der Waals surface area contributed by atoms with Crippen molar-refractivity contribution < 1.29 is 0 Å². The van der Waals surface area contributed by atoms with E-state index in [0.29, 0.717) is 5.02 Å². The Bertz CT molecular complexity index is 775. The van der Waals surface area contributed by atoms with Gasteiger partial charge in [-0.1, -0.05) is 23.4 Å². The molecule has 106 valence electrons. The van der Waals surface area contributed by atoms with Crippen LogP contribution in [0.3, 0.4) is 0 Å². The van der Waals surface area contributed by atoms with Crippen molar-refractivity contribution in [2.24, 2.45) is 0 Å². The maximum Gasteiger partial charge on any atom is 0.267 e. The number of pyridine rings is 1. The van der Waals surface area contributed by atoms with E-state index in [-0.39, 0.29) is 11.1 Å². The first-order chi connectivity index (χ1) is 10.2. The second-order valence-electron chi connectivity index (χ2n) is 4.99. The van der Waals surface area contributed by atoms with Crippen molar-refractivity contribution >= 4 is 23.4 Å². The summed E-state index contributed by atoms with van der Waals surface area (Å²) in [5, 5.41) is 10.7. The minimum Gasteiger partial charge on any atom is -0.315 e. The fourth-order valence-corrected chi connectivity index (χ4v) is 3.76. The molecular formula is C16H13ClN2OS. The molecule has 0 fully saturated rings. The van der Waals surface area contributed by atoms with Gasteiger partial charge in [0, 0.05) is 9.92 Å². The van der Waals surface area contributed by atoms with Crippen molar-refractivity contribution in [2.45, 2.75) is 35.6 Å². The third kappa shape index (κ3) is 2.85. The SMILES string of the molecule is N#Cc1c2c(c(Sc3ccc(Cl)cc3)[nH]c1=O)CCCC2. The Balaban J connectivity index is 2.07. The number of fused-ring (bicyclic) bond motifs is 1. The average molecular weight is 317 g/mol. The zero-order valence-electron chi connectivity index (χ0n) is 11.3. The van der Waals surface area contributed by atoms with Gasteiger partial charge in [0.05, 0.1) is 5.03 Å². The smallest absolute Gasteiger partial charge is 0.267 e. The summed E-state index contributed by atoms with van der Waals surface area (Å²) in [4.78, 5) is 16.0. The molecule has 0 saturated carbocycles. The third-order valence-corrected chi connectivity index (χ3v) is 4.96. The largest absolute Gasteiger partial charge is 0.315 e. The number of halogens is 1. The van der Waals surface area contributed by atoms with Gasteiger partial charge >= 0.3 is 0 Å². The number of aromatic nitrogens is 1. The summed E-state index contributed by atoms with van der Waals surface area (Å²) in [5.41, 5.74) is 2.06.